The lowest BCUT2D eigenvalue weighted by atomic mass is 9.92. The highest BCUT2D eigenvalue weighted by Gasteiger charge is 2.32. The van der Waals surface area contributed by atoms with Crippen LogP contribution in [-0.2, 0) is 18.9 Å². The molecule has 0 unspecified atom stereocenters. The molecule has 37 heteroatoms. The Balaban J connectivity index is 0.000000116. The molecule has 36 nitrogen and oxygen atoms in total. The maximum Gasteiger partial charge on any atom is 0.270 e. The summed E-state index contributed by atoms with van der Waals surface area (Å²) in [6.45, 7) is 14.7. The van der Waals surface area contributed by atoms with Crippen LogP contribution in [0, 0.1) is 5.82 Å². The predicted molar refractivity (Wildman–Crippen MR) is 508 cm³/mol. The molecular formula is C98H113FN26O10. The van der Waals surface area contributed by atoms with Crippen molar-refractivity contribution in [2.75, 3.05) is 153 Å². The molecule has 2 amide bonds. The van der Waals surface area contributed by atoms with Gasteiger partial charge in [0.1, 0.15) is 80.7 Å². The monoisotopic (exact) mass is 1830 g/mol. The summed E-state index contributed by atoms with van der Waals surface area (Å²) >= 11 is 0. The molecule has 22 rings (SSSR count). The molecule has 5 aliphatic heterocycles. The van der Waals surface area contributed by atoms with Crippen molar-refractivity contribution in [3.63, 3.8) is 0 Å². The van der Waals surface area contributed by atoms with Gasteiger partial charge in [0.2, 0.25) is 11.9 Å². The zero-order chi connectivity index (χ0) is 91.3. The molecule has 4 aromatic carbocycles. The summed E-state index contributed by atoms with van der Waals surface area (Å²) in [4.78, 5) is 99.1. The number of morpholine rings is 4. The second-order valence-corrected chi connectivity index (χ2v) is 35.1. The van der Waals surface area contributed by atoms with Crippen molar-refractivity contribution in [2.45, 2.75) is 164 Å². The van der Waals surface area contributed by atoms with Crippen LogP contribution >= 0.6 is 0 Å². The van der Waals surface area contributed by atoms with E-state index in [1.54, 1.807) is 97.4 Å². The first-order chi connectivity index (χ1) is 66.5. The summed E-state index contributed by atoms with van der Waals surface area (Å²) in [7, 11) is 0. The standard InChI is InChI=1S/C28H34N6O3.C26H28N8O3.C22H25FN6O2.C22H26N6O2/c35-28(23-4-3-5-26(32-23)34-12-1-2-13-34)31-20-6-8-22(9-7-20)37-25-19-21(33-14-16-36-17-15-33)18-24-27(25)30-11-10-29-24;35-26(21-2-1-3-24(32-21)34-16-29-30-17-34)31-18-4-6-20(7-5-18)37-23-15-19(33-10-12-36-13-11-33)14-22-25(23)28-9-8-27-22;23-15-13-26-22(27-14-15)28-16-1-3-18(4-2-16)31-20-12-17(29-7-9-30-10-8-29)11-19-21(20)25-6-5-24-19;1-6-25-22(26-7-1)27-16-2-4-18(5-3-16)30-20-15-17(28-10-12-29-13-11-28)14-19-21(20)24-9-8-23-19/h3-5,10-11,18-20,22H,1-2,6-9,12-17H2,(H,31,35);1-3,8-9,14-18,20H,4-7,10-13H2,(H,31,35);5-6,11-14,16,18H,1-4,7-10H2,(H,26,27,28);1,6-9,14-16,18H,2-5,10-13H2,(H,25,26,27). The van der Waals surface area contributed by atoms with Gasteiger partial charge in [-0.3, -0.25) is 34.1 Å². The van der Waals surface area contributed by atoms with Gasteiger partial charge in [0, 0.05) is 199 Å². The summed E-state index contributed by atoms with van der Waals surface area (Å²) in [6.07, 6.45) is 40.0. The van der Waals surface area contributed by atoms with Crippen LogP contribution < -0.4 is 64.7 Å². The molecule has 5 saturated heterocycles. The second-order valence-electron chi connectivity index (χ2n) is 35.1. The number of benzene rings is 4. The maximum atomic E-state index is 13.0. The normalized spacial score (nSPS) is 21.5. The largest absolute Gasteiger partial charge is 0.488 e. The molecule has 9 fully saturated rings. The first-order valence-corrected chi connectivity index (χ1v) is 47.4. The Kier molecular flexibility index (Phi) is 29.8. The van der Waals surface area contributed by atoms with Crippen molar-refractivity contribution < 1.29 is 51.9 Å². The van der Waals surface area contributed by atoms with Crippen molar-refractivity contribution in [1.29, 1.82) is 0 Å². The molecule has 9 aromatic heterocycles. The van der Waals surface area contributed by atoms with Crippen molar-refractivity contribution in [3.8, 4) is 28.8 Å². The molecule has 135 heavy (non-hydrogen) atoms. The molecule has 0 bridgehead atoms. The van der Waals surface area contributed by atoms with E-state index in [-0.39, 0.29) is 54.4 Å². The van der Waals surface area contributed by atoms with Crippen molar-refractivity contribution in [1.82, 2.24) is 95.2 Å². The minimum atomic E-state index is -0.433. The van der Waals surface area contributed by atoms with Crippen molar-refractivity contribution in [3.05, 3.63) is 195 Å². The number of aromatic nitrogens is 17. The Morgan fingerprint density at radius 1 is 0.326 bits per heavy atom. The number of carbonyl (C=O) groups excluding carboxylic acids is 2. The topological polar surface area (TPSA) is 383 Å². The predicted octanol–water partition coefficient (Wildman–Crippen LogP) is 12.4. The molecule has 14 heterocycles. The van der Waals surface area contributed by atoms with Gasteiger partial charge >= 0.3 is 0 Å². The number of hydrogen-bond donors (Lipinski definition) is 4. The Bertz CT molecular complexity index is 6050. The highest BCUT2D eigenvalue weighted by Crippen LogP contribution is 2.40. The van der Waals surface area contributed by atoms with Gasteiger partial charge in [0.15, 0.2) is 5.82 Å². The van der Waals surface area contributed by atoms with Gasteiger partial charge in [-0.2, -0.15) is 0 Å². The van der Waals surface area contributed by atoms with E-state index in [0.29, 0.717) is 48.4 Å². The number of amides is 2. The fraction of sp³-hybridized carbons (Fsp3) is 0.449. The van der Waals surface area contributed by atoms with Crippen LogP contribution in [0.25, 0.3) is 50.0 Å². The quantitative estimate of drug-likeness (QED) is 0.0489. The zero-order valence-corrected chi connectivity index (χ0v) is 75.6. The Morgan fingerprint density at radius 3 is 0.985 bits per heavy atom. The third-order valence-corrected chi connectivity index (χ3v) is 26.0. The fourth-order valence-electron chi connectivity index (χ4n) is 18.8. The summed E-state index contributed by atoms with van der Waals surface area (Å²) in [5.74, 6) is 5.10. The Hall–Kier alpha value is -13.7. The van der Waals surface area contributed by atoms with Gasteiger partial charge in [-0.05, 0) is 170 Å². The summed E-state index contributed by atoms with van der Waals surface area (Å²) < 4.78 is 62.6. The number of nitrogens with one attached hydrogen (secondary N) is 4. The van der Waals surface area contributed by atoms with Crippen LogP contribution in [0.1, 0.15) is 137 Å². The van der Waals surface area contributed by atoms with Crippen LogP contribution in [0.4, 0.5) is 44.9 Å². The average Bonchev–Trinajstić information content (AvgIpc) is 1.48. The van der Waals surface area contributed by atoms with Gasteiger partial charge in [-0.25, -0.2) is 54.2 Å². The molecule has 4 aliphatic carbocycles. The average molecular weight is 1830 g/mol. The van der Waals surface area contributed by atoms with Gasteiger partial charge in [-0.15, -0.1) is 10.2 Å². The molecular weight excluding hydrogens is 1720 g/mol. The molecule has 0 atom stereocenters. The SMILES string of the molecule is Fc1cnc(NC2CCC(Oc3cc(N4CCOCC4)cc4nccnc34)CC2)nc1.O=C(NC1CCC(Oc2cc(N3CCOCC3)cc3nccnc23)CC1)c1cccc(-n2cnnc2)n1.O=C(NC1CCC(Oc2cc(N3CCOCC3)cc3nccnc23)CC1)c1cccc(N2CCCC2)n1.c1cnc(NC2CCC(Oc3cc(N4CCOCC4)cc4nccnc34)CC2)nc1. The summed E-state index contributed by atoms with van der Waals surface area (Å²) in [6, 6.07) is 30.4. The van der Waals surface area contributed by atoms with E-state index in [4.69, 9.17) is 37.9 Å². The lowest BCUT2D eigenvalue weighted by Crippen LogP contribution is -2.40. The van der Waals surface area contributed by atoms with E-state index < -0.39 is 5.82 Å². The number of halogens is 1. The minimum absolute atomic E-state index is 0.0495. The smallest absolute Gasteiger partial charge is 0.270 e. The first kappa shape index (κ1) is 90.5. The number of fused-ring (bicyclic) bond motifs is 4. The lowest BCUT2D eigenvalue weighted by Gasteiger charge is -2.31. The molecule has 702 valence electrons. The van der Waals surface area contributed by atoms with E-state index in [1.807, 2.05) is 24.3 Å². The van der Waals surface area contributed by atoms with Crippen LogP contribution in [0.2, 0.25) is 0 Å². The molecule has 0 spiro atoms. The Morgan fingerprint density at radius 2 is 0.637 bits per heavy atom. The van der Waals surface area contributed by atoms with Crippen molar-refractivity contribution in [2.24, 2.45) is 0 Å². The number of carbonyl (C=O) groups is 2. The molecule has 0 radical (unpaired) electrons. The number of hydrogen-bond acceptors (Lipinski definition) is 33. The van der Waals surface area contributed by atoms with Crippen molar-refractivity contribution >= 4 is 96.4 Å². The molecule has 9 aliphatic rings. The van der Waals surface area contributed by atoms with Crippen LogP contribution in [0.3, 0.4) is 0 Å². The highest BCUT2D eigenvalue weighted by atomic mass is 19.1. The van der Waals surface area contributed by atoms with Gasteiger partial charge in [0.25, 0.3) is 11.8 Å². The summed E-state index contributed by atoms with van der Waals surface area (Å²) in [5.41, 5.74) is 11.8. The highest BCUT2D eigenvalue weighted by molar-refractivity contribution is 5.94. The number of ether oxygens (including phenoxy) is 8. The third kappa shape index (κ3) is 23.8. The van der Waals surface area contributed by atoms with Gasteiger partial charge in [0.05, 0.1) is 112 Å². The number of nitrogens with zero attached hydrogens (tertiary/aromatic N) is 22. The minimum Gasteiger partial charge on any atom is -0.488 e. The first-order valence-electron chi connectivity index (χ1n) is 47.4. The summed E-state index contributed by atoms with van der Waals surface area (Å²) in [5, 5.41) is 20.6. The Labute approximate surface area is 781 Å². The fourth-order valence-corrected chi connectivity index (χ4v) is 18.8. The lowest BCUT2D eigenvalue weighted by molar-refractivity contribution is 0.0883. The number of anilines is 7. The van der Waals surface area contributed by atoms with Gasteiger partial charge in [-0.1, -0.05) is 12.1 Å². The zero-order valence-electron chi connectivity index (χ0n) is 75.6. The van der Waals surface area contributed by atoms with Crippen LogP contribution in [-0.4, -0.2) is 263 Å². The number of pyridine rings is 2. The molecule has 4 saturated carbocycles. The van der Waals surface area contributed by atoms with Crippen LogP contribution in [0.5, 0.6) is 23.0 Å². The van der Waals surface area contributed by atoms with E-state index in [2.05, 4.69) is 174 Å². The van der Waals surface area contributed by atoms with Crippen LogP contribution in [0.15, 0.2) is 178 Å². The molecule has 13 aromatic rings. The van der Waals surface area contributed by atoms with E-state index in [9.17, 15) is 14.0 Å². The number of rotatable bonds is 22. The van der Waals surface area contributed by atoms with Gasteiger partial charge < -0.3 is 83.7 Å². The maximum absolute atomic E-state index is 13.0. The third-order valence-electron chi connectivity index (χ3n) is 26.0. The van der Waals surface area contributed by atoms with E-state index >= 15 is 0 Å². The molecule has 4 N–H and O–H groups in total. The van der Waals surface area contributed by atoms with E-state index in [1.165, 1.54) is 25.2 Å². The van der Waals surface area contributed by atoms with E-state index in [0.717, 1.165) is 304 Å². The second kappa shape index (κ2) is 44.5.